The number of aromatic hydroxyl groups is 1. The lowest BCUT2D eigenvalue weighted by molar-refractivity contribution is 0.170. The molecule has 0 spiro atoms. The molecule has 19 heavy (non-hydrogen) atoms. The van der Waals surface area contributed by atoms with Crippen LogP contribution in [0.2, 0.25) is 0 Å². The summed E-state index contributed by atoms with van der Waals surface area (Å²) in [4.78, 5) is 4.29. The molecule has 0 aliphatic carbocycles. The van der Waals surface area contributed by atoms with Crippen LogP contribution >= 0.6 is 0 Å². The van der Waals surface area contributed by atoms with Crippen molar-refractivity contribution >= 4 is 16.6 Å². The molecule has 0 amide bonds. The van der Waals surface area contributed by atoms with Crippen molar-refractivity contribution in [1.82, 2.24) is 4.98 Å². The standard InChI is InChI=1S/C14H18N2O3/c1-19-9-11(5-7-17)16-14-13-8-12(18)3-2-10(13)4-6-15-14/h2-4,6,8,11,17-18H,5,7,9H2,1H3,(H,15,16). The maximum atomic E-state index is 9.58. The largest absolute Gasteiger partial charge is 0.508 e. The number of aromatic nitrogens is 1. The average molecular weight is 262 g/mol. The molecule has 2 rings (SSSR count). The van der Waals surface area contributed by atoms with Gasteiger partial charge in [0.2, 0.25) is 0 Å². The Morgan fingerprint density at radius 1 is 1.37 bits per heavy atom. The highest BCUT2D eigenvalue weighted by atomic mass is 16.5. The van der Waals surface area contributed by atoms with Crippen LogP contribution in [0.1, 0.15) is 6.42 Å². The van der Waals surface area contributed by atoms with Crippen LogP contribution in [0.3, 0.4) is 0 Å². The van der Waals surface area contributed by atoms with E-state index in [1.54, 1.807) is 25.4 Å². The van der Waals surface area contributed by atoms with Gasteiger partial charge in [0.15, 0.2) is 0 Å². The number of ether oxygens (including phenoxy) is 1. The third-order valence-electron chi connectivity index (χ3n) is 2.94. The molecule has 0 radical (unpaired) electrons. The van der Waals surface area contributed by atoms with E-state index in [1.807, 2.05) is 12.1 Å². The first-order chi connectivity index (χ1) is 9.24. The fourth-order valence-electron chi connectivity index (χ4n) is 2.02. The van der Waals surface area contributed by atoms with Crippen LogP contribution in [0.15, 0.2) is 30.5 Å². The Morgan fingerprint density at radius 2 is 2.21 bits per heavy atom. The molecular weight excluding hydrogens is 244 g/mol. The first kappa shape index (κ1) is 13.6. The van der Waals surface area contributed by atoms with Crippen molar-refractivity contribution in [3.8, 4) is 5.75 Å². The van der Waals surface area contributed by atoms with Crippen molar-refractivity contribution in [2.45, 2.75) is 12.5 Å². The first-order valence-corrected chi connectivity index (χ1v) is 6.18. The first-order valence-electron chi connectivity index (χ1n) is 6.18. The Morgan fingerprint density at radius 3 is 2.95 bits per heavy atom. The molecule has 3 N–H and O–H groups in total. The van der Waals surface area contributed by atoms with Crippen LogP contribution in [-0.2, 0) is 4.74 Å². The Hall–Kier alpha value is -1.85. The molecular formula is C14H18N2O3. The lowest BCUT2D eigenvalue weighted by Crippen LogP contribution is -2.26. The third kappa shape index (κ3) is 3.33. The summed E-state index contributed by atoms with van der Waals surface area (Å²) in [7, 11) is 1.62. The Labute approximate surface area is 111 Å². The summed E-state index contributed by atoms with van der Waals surface area (Å²) in [6.45, 7) is 0.564. The monoisotopic (exact) mass is 262 g/mol. The lowest BCUT2D eigenvalue weighted by Gasteiger charge is -2.18. The maximum Gasteiger partial charge on any atom is 0.134 e. The van der Waals surface area contributed by atoms with Gasteiger partial charge in [-0.05, 0) is 30.0 Å². The van der Waals surface area contributed by atoms with Gasteiger partial charge in [-0.2, -0.15) is 0 Å². The zero-order valence-corrected chi connectivity index (χ0v) is 10.8. The summed E-state index contributed by atoms with van der Waals surface area (Å²) in [6, 6.07) is 7.03. The van der Waals surface area contributed by atoms with Crippen molar-refractivity contribution in [2.24, 2.45) is 0 Å². The number of aliphatic hydroxyl groups is 1. The highest BCUT2D eigenvalue weighted by molar-refractivity contribution is 5.92. The van der Waals surface area contributed by atoms with E-state index in [0.29, 0.717) is 18.8 Å². The number of nitrogens with one attached hydrogen (secondary N) is 1. The van der Waals surface area contributed by atoms with E-state index < -0.39 is 0 Å². The maximum absolute atomic E-state index is 9.58. The zero-order valence-electron chi connectivity index (χ0n) is 10.8. The van der Waals surface area contributed by atoms with Crippen molar-refractivity contribution in [3.63, 3.8) is 0 Å². The Bertz CT molecular complexity index is 539. The summed E-state index contributed by atoms with van der Waals surface area (Å²) in [6.07, 6.45) is 2.29. The van der Waals surface area contributed by atoms with Crippen LogP contribution in [-0.4, -0.2) is 41.6 Å². The topological polar surface area (TPSA) is 74.6 Å². The van der Waals surface area contributed by atoms with Gasteiger partial charge >= 0.3 is 0 Å². The number of methoxy groups -OCH3 is 1. The fraction of sp³-hybridized carbons (Fsp3) is 0.357. The number of fused-ring (bicyclic) bond motifs is 1. The second-order valence-electron chi connectivity index (χ2n) is 4.37. The molecule has 0 aliphatic heterocycles. The molecule has 2 aromatic rings. The summed E-state index contributed by atoms with van der Waals surface area (Å²) in [5, 5.41) is 23.7. The summed E-state index contributed by atoms with van der Waals surface area (Å²) < 4.78 is 5.11. The highest BCUT2D eigenvalue weighted by Crippen LogP contribution is 2.25. The molecule has 0 bridgehead atoms. The second-order valence-corrected chi connectivity index (χ2v) is 4.37. The van der Waals surface area contributed by atoms with E-state index >= 15 is 0 Å². The van der Waals surface area contributed by atoms with Gasteiger partial charge in [0.05, 0.1) is 12.6 Å². The van der Waals surface area contributed by atoms with Gasteiger partial charge in [-0.1, -0.05) is 6.07 Å². The molecule has 1 aromatic heterocycles. The van der Waals surface area contributed by atoms with Crippen molar-refractivity contribution in [1.29, 1.82) is 0 Å². The van der Waals surface area contributed by atoms with E-state index in [-0.39, 0.29) is 18.4 Å². The SMILES string of the molecule is COCC(CCO)Nc1nccc2ccc(O)cc12. The highest BCUT2D eigenvalue weighted by Gasteiger charge is 2.11. The van der Waals surface area contributed by atoms with E-state index in [4.69, 9.17) is 9.84 Å². The van der Waals surface area contributed by atoms with Crippen LogP contribution in [0, 0.1) is 0 Å². The number of phenols is 1. The summed E-state index contributed by atoms with van der Waals surface area (Å²) >= 11 is 0. The minimum atomic E-state index is -0.0181. The number of aliphatic hydroxyl groups excluding tert-OH is 1. The quantitative estimate of drug-likeness (QED) is 0.739. The average Bonchev–Trinajstić information content (AvgIpc) is 2.40. The third-order valence-corrected chi connectivity index (χ3v) is 2.94. The summed E-state index contributed by atoms with van der Waals surface area (Å²) in [5.74, 6) is 0.887. The molecule has 0 fully saturated rings. The zero-order chi connectivity index (χ0) is 13.7. The number of phenolic OH excluding ortho intramolecular Hbond substituents is 1. The molecule has 0 saturated heterocycles. The number of pyridine rings is 1. The van der Waals surface area contributed by atoms with E-state index in [1.165, 1.54) is 0 Å². The number of benzene rings is 1. The predicted molar refractivity (Wildman–Crippen MR) is 74.4 cm³/mol. The van der Waals surface area contributed by atoms with Gasteiger partial charge < -0.3 is 20.3 Å². The van der Waals surface area contributed by atoms with Gasteiger partial charge in [0, 0.05) is 25.3 Å². The molecule has 1 heterocycles. The smallest absolute Gasteiger partial charge is 0.134 e. The van der Waals surface area contributed by atoms with Crippen molar-refractivity contribution < 1.29 is 14.9 Å². The van der Waals surface area contributed by atoms with E-state index in [2.05, 4.69) is 10.3 Å². The molecule has 1 atom stereocenters. The van der Waals surface area contributed by atoms with Gasteiger partial charge in [0.1, 0.15) is 11.6 Å². The number of rotatable bonds is 6. The van der Waals surface area contributed by atoms with Crippen LogP contribution in [0.4, 0.5) is 5.82 Å². The molecule has 1 aromatic carbocycles. The van der Waals surface area contributed by atoms with Crippen molar-refractivity contribution in [2.75, 3.05) is 25.6 Å². The van der Waals surface area contributed by atoms with Crippen LogP contribution in [0.5, 0.6) is 5.75 Å². The van der Waals surface area contributed by atoms with Gasteiger partial charge in [0.25, 0.3) is 0 Å². The fourth-order valence-corrected chi connectivity index (χ4v) is 2.02. The normalized spacial score (nSPS) is 12.5. The minimum absolute atomic E-state index is 0.0181. The molecule has 5 nitrogen and oxygen atoms in total. The molecule has 0 aliphatic rings. The number of hydrogen-bond donors (Lipinski definition) is 3. The van der Waals surface area contributed by atoms with Crippen LogP contribution in [0.25, 0.3) is 10.8 Å². The second kappa shape index (κ2) is 6.36. The van der Waals surface area contributed by atoms with Crippen LogP contribution < -0.4 is 5.32 Å². The Kier molecular flexibility index (Phi) is 4.54. The molecule has 1 unspecified atom stereocenters. The number of nitrogens with zero attached hydrogens (tertiary/aromatic N) is 1. The molecule has 5 heteroatoms. The predicted octanol–water partition coefficient (Wildman–Crippen LogP) is 1.75. The van der Waals surface area contributed by atoms with E-state index in [9.17, 15) is 5.11 Å². The summed E-state index contributed by atoms with van der Waals surface area (Å²) in [5.41, 5.74) is 0. The molecule has 0 saturated carbocycles. The minimum Gasteiger partial charge on any atom is -0.508 e. The number of anilines is 1. The molecule has 102 valence electrons. The van der Waals surface area contributed by atoms with Gasteiger partial charge in [-0.3, -0.25) is 0 Å². The van der Waals surface area contributed by atoms with E-state index in [0.717, 1.165) is 10.8 Å². The Balaban J connectivity index is 2.30. The van der Waals surface area contributed by atoms with Gasteiger partial charge in [-0.25, -0.2) is 4.98 Å². The van der Waals surface area contributed by atoms with Gasteiger partial charge in [-0.15, -0.1) is 0 Å². The van der Waals surface area contributed by atoms with Crippen molar-refractivity contribution in [3.05, 3.63) is 30.5 Å². The lowest BCUT2D eigenvalue weighted by atomic mass is 10.1. The number of hydrogen-bond acceptors (Lipinski definition) is 5.